The summed E-state index contributed by atoms with van der Waals surface area (Å²) in [6.45, 7) is 5.27. The Labute approximate surface area is 141 Å². The molecule has 1 atom stereocenters. The second kappa shape index (κ2) is 6.99. The average Bonchev–Trinajstić information content (AvgIpc) is 3.02. The summed E-state index contributed by atoms with van der Waals surface area (Å²) in [5, 5.41) is 3.91. The number of aryl methyl sites for hydroxylation is 2. The minimum absolute atomic E-state index is 0.0691. The molecule has 23 heavy (non-hydrogen) atoms. The molecule has 0 radical (unpaired) electrons. The molecule has 0 aromatic carbocycles. The van der Waals surface area contributed by atoms with Crippen molar-refractivity contribution in [3.63, 3.8) is 0 Å². The molecule has 2 fully saturated rings. The van der Waals surface area contributed by atoms with Crippen molar-refractivity contribution in [2.75, 3.05) is 13.1 Å². The number of likely N-dealkylation sites (tertiary alicyclic amines) is 1. The van der Waals surface area contributed by atoms with Gasteiger partial charge in [-0.1, -0.05) is 19.3 Å². The molecule has 126 valence electrons. The van der Waals surface area contributed by atoms with Gasteiger partial charge in [-0.15, -0.1) is 11.3 Å². The van der Waals surface area contributed by atoms with Crippen molar-refractivity contribution in [2.24, 2.45) is 5.92 Å². The minimum atomic E-state index is -0.0922. The molecule has 0 spiro atoms. The summed E-state index contributed by atoms with van der Waals surface area (Å²) in [7, 11) is 0. The van der Waals surface area contributed by atoms with Gasteiger partial charge in [0.1, 0.15) is 4.88 Å². The van der Waals surface area contributed by atoms with Crippen LogP contribution >= 0.6 is 11.3 Å². The van der Waals surface area contributed by atoms with Gasteiger partial charge < -0.3 is 10.2 Å². The average molecular weight is 335 g/mol. The molecule has 2 aliphatic rings. The number of amides is 2. The number of aromatic nitrogens is 1. The summed E-state index contributed by atoms with van der Waals surface area (Å²) in [6, 6.07) is -0.0691. The first kappa shape index (κ1) is 16.4. The number of carbonyl (C=O) groups is 2. The Morgan fingerprint density at radius 2 is 2.04 bits per heavy atom. The Morgan fingerprint density at radius 1 is 1.30 bits per heavy atom. The minimum Gasteiger partial charge on any atom is -0.346 e. The van der Waals surface area contributed by atoms with E-state index in [-0.39, 0.29) is 17.9 Å². The Kier molecular flexibility index (Phi) is 4.99. The van der Waals surface area contributed by atoms with E-state index in [1.54, 1.807) is 0 Å². The van der Waals surface area contributed by atoms with Crippen molar-refractivity contribution < 1.29 is 9.59 Å². The molecule has 6 heteroatoms. The summed E-state index contributed by atoms with van der Waals surface area (Å²) >= 11 is 1.41. The molecule has 2 amide bonds. The van der Waals surface area contributed by atoms with E-state index in [1.165, 1.54) is 43.4 Å². The summed E-state index contributed by atoms with van der Waals surface area (Å²) in [5.41, 5.74) is 0.772. The van der Waals surface area contributed by atoms with Crippen molar-refractivity contribution in [1.82, 2.24) is 15.2 Å². The molecule has 0 unspecified atom stereocenters. The van der Waals surface area contributed by atoms with E-state index in [0.717, 1.165) is 17.2 Å². The van der Waals surface area contributed by atoms with Crippen LogP contribution in [0.2, 0.25) is 0 Å². The third-order valence-corrected chi connectivity index (χ3v) is 5.93. The molecule has 1 aromatic heterocycles. The first-order valence-electron chi connectivity index (χ1n) is 8.55. The van der Waals surface area contributed by atoms with E-state index < -0.39 is 0 Å². The molecule has 5 nitrogen and oxygen atoms in total. The lowest BCUT2D eigenvalue weighted by Gasteiger charge is -2.27. The Hall–Kier alpha value is -1.43. The summed E-state index contributed by atoms with van der Waals surface area (Å²) in [6.07, 6.45) is 6.81. The van der Waals surface area contributed by atoms with Gasteiger partial charge in [0.05, 0.1) is 16.7 Å². The van der Waals surface area contributed by atoms with Gasteiger partial charge in [-0.25, -0.2) is 4.98 Å². The van der Waals surface area contributed by atoms with Crippen molar-refractivity contribution >= 4 is 23.2 Å². The number of hydrogen-bond donors (Lipinski definition) is 1. The largest absolute Gasteiger partial charge is 0.346 e. The second-order valence-corrected chi connectivity index (χ2v) is 8.03. The first-order valence-corrected chi connectivity index (χ1v) is 9.37. The van der Waals surface area contributed by atoms with Crippen LogP contribution < -0.4 is 5.32 Å². The standard InChI is InChI=1S/C17H25N3O2S/c1-11-16(23-12(2)18-11)17(22)19-14-8-15(21)20(10-14)9-13-6-4-3-5-7-13/h13-14H,3-10H2,1-2H3,(H,19,22)/t14-/m1/s1. The van der Waals surface area contributed by atoms with Crippen LogP contribution in [0.5, 0.6) is 0 Å². The van der Waals surface area contributed by atoms with Gasteiger partial charge in [0.25, 0.3) is 5.91 Å². The molecule has 2 heterocycles. The molecular formula is C17H25N3O2S. The van der Waals surface area contributed by atoms with E-state index in [1.807, 2.05) is 18.7 Å². The fourth-order valence-corrected chi connectivity index (χ4v) is 4.54. The zero-order chi connectivity index (χ0) is 16.4. The number of thiazole rings is 1. The monoisotopic (exact) mass is 335 g/mol. The van der Waals surface area contributed by atoms with Crippen molar-refractivity contribution in [1.29, 1.82) is 0 Å². The van der Waals surface area contributed by atoms with E-state index in [4.69, 9.17) is 0 Å². The molecule has 1 N–H and O–H groups in total. The Balaban J connectivity index is 1.54. The van der Waals surface area contributed by atoms with E-state index in [0.29, 0.717) is 23.8 Å². The van der Waals surface area contributed by atoms with Gasteiger partial charge in [0, 0.05) is 19.5 Å². The summed E-state index contributed by atoms with van der Waals surface area (Å²) in [4.78, 5) is 31.5. The third-order valence-electron chi connectivity index (χ3n) is 4.86. The van der Waals surface area contributed by atoms with Gasteiger partial charge in [0.2, 0.25) is 5.91 Å². The van der Waals surface area contributed by atoms with Crippen LogP contribution in [0.3, 0.4) is 0 Å². The van der Waals surface area contributed by atoms with E-state index in [2.05, 4.69) is 10.3 Å². The van der Waals surface area contributed by atoms with Gasteiger partial charge in [-0.2, -0.15) is 0 Å². The highest BCUT2D eigenvalue weighted by atomic mass is 32.1. The lowest BCUT2D eigenvalue weighted by Crippen LogP contribution is -2.38. The van der Waals surface area contributed by atoms with E-state index in [9.17, 15) is 9.59 Å². The molecule has 1 saturated heterocycles. The number of hydrogen-bond acceptors (Lipinski definition) is 4. The van der Waals surface area contributed by atoms with Gasteiger partial charge in [0.15, 0.2) is 0 Å². The first-order chi connectivity index (χ1) is 11.0. The maximum atomic E-state index is 12.4. The van der Waals surface area contributed by atoms with Gasteiger partial charge >= 0.3 is 0 Å². The van der Waals surface area contributed by atoms with Crippen LogP contribution in [-0.2, 0) is 4.79 Å². The highest BCUT2D eigenvalue weighted by Gasteiger charge is 2.32. The van der Waals surface area contributed by atoms with Crippen LogP contribution in [0.25, 0.3) is 0 Å². The maximum absolute atomic E-state index is 12.4. The zero-order valence-electron chi connectivity index (χ0n) is 13.9. The molecular weight excluding hydrogens is 310 g/mol. The van der Waals surface area contributed by atoms with Crippen LogP contribution in [0.1, 0.15) is 58.9 Å². The van der Waals surface area contributed by atoms with Crippen molar-refractivity contribution in [2.45, 2.75) is 58.4 Å². The second-order valence-electron chi connectivity index (χ2n) is 6.82. The van der Waals surface area contributed by atoms with Crippen molar-refractivity contribution in [3.05, 3.63) is 15.6 Å². The van der Waals surface area contributed by atoms with Gasteiger partial charge in [-0.05, 0) is 32.6 Å². The normalized spacial score (nSPS) is 22.6. The number of carbonyl (C=O) groups excluding carboxylic acids is 2. The highest BCUT2D eigenvalue weighted by Crippen LogP contribution is 2.26. The molecule has 1 aliphatic carbocycles. The molecule has 1 aliphatic heterocycles. The fourth-order valence-electron chi connectivity index (χ4n) is 3.72. The predicted molar refractivity (Wildman–Crippen MR) is 90.6 cm³/mol. The topological polar surface area (TPSA) is 62.3 Å². The molecule has 3 rings (SSSR count). The SMILES string of the molecule is Cc1nc(C)c(C(=O)N[C@@H]2CC(=O)N(CC3CCCCC3)C2)s1. The quantitative estimate of drug-likeness (QED) is 0.920. The van der Waals surface area contributed by atoms with Crippen LogP contribution in [0.4, 0.5) is 0 Å². The number of rotatable bonds is 4. The lowest BCUT2D eigenvalue weighted by molar-refractivity contribution is -0.128. The Bertz CT molecular complexity index is 593. The molecule has 1 aromatic rings. The van der Waals surface area contributed by atoms with E-state index >= 15 is 0 Å². The predicted octanol–water partition coefficient (Wildman–Crippen LogP) is 2.67. The zero-order valence-corrected chi connectivity index (χ0v) is 14.7. The van der Waals surface area contributed by atoms with Gasteiger partial charge in [-0.3, -0.25) is 9.59 Å². The number of nitrogens with zero attached hydrogens (tertiary/aromatic N) is 2. The number of nitrogens with one attached hydrogen (secondary N) is 1. The molecule has 0 bridgehead atoms. The van der Waals surface area contributed by atoms with Crippen LogP contribution in [-0.4, -0.2) is 40.8 Å². The summed E-state index contributed by atoms with van der Waals surface area (Å²) in [5.74, 6) is 0.733. The molecule has 1 saturated carbocycles. The lowest BCUT2D eigenvalue weighted by atomic mass is 9.89. The Morgan fingerprint density at radius 3 is 2.70 bits per heavy atom. The summed E-state index contributed by atoms with van der Waals surface area (Å²) < 4.78 is 0. The smallest absolute Gasteiger partial charge is 0.263 e. The van der Waals surface area contributed by atoms with Crippen LogP contribution in [0.15, 0.2) is 0 Å². The van der Waals surface area contributed by atoms with Crippen LogP contribution in [0, 0.1) is 19.8 Å². The third kappa shape index (κ3) is 3.91. The highest BCUT2D eigenvalue weighted by molar-refractivity contribution is 7.13. The van der Waals surface area contributed by atoms with Crippen molar-refractivity contribution in [3.8, 4) is 0 Å². The maximum Gasteiger partial charge on any atom is 0.263 e. The fraction of sp³-hybridized carbons (Fsp3) is 0.706.